The molecule has 1 aromatic carbocycles. The molecular formula is C20H19N7O. The summed E-state index contributed by atoms with van der Waals surface area (Å²) in [5, 5.41) is 14.2. The SMILES string of the molecule is Cc1cc(C)n(-c2ccc(C(=O)Nc3cccc(-c4n[nH]c(C)n4)c3)cn2)n1. The van der Waals surface area contributed by atoms with Crippen molar-refractivity contribution in [2.45, 2.75) is 20.8 Å². The molecular weight excluding hydrogens is 354 g/mol. The lowest BCUT2D eigenvalue weighted by molar-refractivity contribution is 0.102. The van der Waals surface area contributed by atoms with Gasteiger partial charge in [0, 0.05) is 23.1 Å². The Labute approximate surface area is 161 Å². The predicted octanol–water partition coefficient (Wildman–Crippen LogP) is 3.23. The van der Waals surface area contributed by atoms with Crippen LogP contribution >= 0.6 is 0 Å². The second-order valence-electron chi connectivity index (χ2n) is 6.52. The second kappa shape index (κ2) is 7.07. The third kappa shape index (κ3) is 3.52. The van der Waals surface area contributed by atoms with Crippen molar-refractivity contribution < 1.29 is 4.79 Å². The number of rotatable bonds is 4. The summed E-state index contributed by atoms with van der Waals surface area (Å²) in [6.45, 7) is 5.73. The van der Waals surface area contributed by atoms with Crippen LogP contribution in [0.15, 0.2) is 48.7 Å². The van der Waals surface area contributed by atoms with Crippen LogP contribution in [0.2, 0.25) is 0 Å². The van der Waals surface area contributed by atoms with Gasteiger partial charge in [-0.2, -0.15) is 10.2 Å². The van der Waals surface area contributed by atoms with E-state index in [1.165, 1.54) is 0 Å². The molecule has 8 heteroatoms. The molecule has 0 aliphatic rings. The number of hydrogen-bond acceptors (Lipinski definition) is 5. The van der Waals surface area contributed by atoms with E-state index in [0.717, 1.165) is 22.8 Å². The largest absolute Gasteiger partial charge is 0.322 e. The van der Waals surface area contributed by atoms with Crippen molar-refractivity contribution in [2.75, 3.05) is 5.32 Å². The Morgan fingerprint density at radius 3 is 2.61 bits per heavy atom. The van der Waals surface area contributed by atoms with Gasteiger partial charge in [-0.1, -0.05) is 12.1 Å². The molecule has 0 radical (unpaired) electrons. The zero-order valence-electron chi connectivity index (χ0n) is 15.8. The molecule has 28 heavy (non-hydrogen) atoms. The van der Waals surface area contributed by atoms with E-state index in [-0.39, 0.29) is 5.91 Å². The van der Waals surface area contributed by atoms with Gasteiger partial charge >= 0.3 is 0 Å². The van der Waals surface area contributed by atoms with Crippen molar-refractivity contribution in [2.24, 2.45) is 0 Å². The summed E-state index contributed by atoms with van der Waals surface area (Å²) in [5.74, 6) is 1.75. The predicted molar refractivity (Wildman–Crippen MR) is 105 cm³/mol. The molecule has 0 bridgehead atoms. The van der Waals surface area contributed by atoms with Gasteiger partial charge in [0.05, 0.1) is 11.3 Å². The first-order valence-corrected chi connectivity index (χ1v) is 8.80. The molecule has 0 aliphatic heterocycles. The summed E-state index contributed by atoms with van der Waals surface area (Å²) in [6.07, 6.45) is 1.55. The van der Waals surface area contributed by atoms with Crippen molar-refractivity contribution in [3.05, 3.63) is 71.4 Å². The third-order valence-corrected chi connectivity index (χ3v) is 4.21. The smallest absolute Gasteiger partial charge is 0.257 e. The highest BCUT2D eigenvalue weighted by Crippen LogP contribution is 2.20. The molecule has 0 spiro atoms. The maximum Gasteiger partial charge on any atom is 0.257 e. The Balaban J connectivity index is 1.52. The molecule has 3 heterocycles. The van der Waals surface area contributed by atoms with E-state index in [2.05, 4.69) is 30.6 Å². The summed E-state index contributed by atoms with van der Waals surface area (Å²) in [6, 6.07) is 12.9. The number of carbonyl (C=O) groups is 1. The number of aromatic nitrogens is 6. The molecule has 0 unspecified atom stereocenters. The lowest BCUT2D eigenvalue weighted by Crippen LogP contribution is -2.13. The van der Waals surface area contributed by atoms with E-state index < -0.39 is 0 Å². The molecule has 3 aromatic heterocycles. The molecule has 0 aliphatic carbocycles. The number of nitrogens with zero attached hydrogens (tertiary/aromatic N) is 5. The van der Waals surface area contributed by atoms with Gasteiger partial charge in [0.25, 0.3) is 5.91 Å². The van der Waals surface area contributed by atoms with E-state index in [1.807, 2.05) is 51.1 Å². The van der Waals surface area contributed by atoms with Crippen molar-refractivity contribution in [1.29, 1.82) is 0 Å². The molecule has 0 saturated carbocycles. The number of anilines is 1. The normalized spacial score (nSPS) is 10.8. The van der Waals surface area contributed by atoms with Crippen molar-refractivity contribution in [3.63, 3.8) is 0 Å². The van der Waals surface area contributed by atoms with Crippen molar-refractivity contribution in [1.82, 2.24) is 29.9 Å². The van der Waals surface area contributed by atoms with Crippen molar-refractivity contribution in [3.8, 4) is 17.2 Å². The zero-order valence-corrected chi connectivity index (χ0v) is 15.8. The van der Waals surface area contributed by atoms with Crippen LogP contribution in [0.3, 0.4) is 0 Å². The van der Waals surface area contributed by atoms with Gasteiger partial charge in [-0.15, -0.1) is 0 Å². The Kier molecular flexibility index (Phi) is 4.44. The molecule has 4 aromatic rings. The second-order valence-corrected chi connectivity index (χ2v) is 6.52. The topological polar surface area (TPSA) is 101 Å². The number of hydrogen-bond donors (Lipinski definition) is 2. The van der Waals surface area contributed by atoms with E-state index in [4.69, 9.17) is 0 Å². The van der Waals surface area contributed by atoms with Gasteiger partial charge in [0.1, 0.15) is 5.82 Å². The number of nitrogens with one attached hydrogen (secondary N) is 2. The van der Waals surface area contributed by atoms with E-state index in [9.17, 15) is 4.79 Å². The molecule has 0 saturated heterocycles. The number of aromatic amines is 1. The molecule has 8 nitrogen and oxygen atoms in total. The van der Waals surface area contributed by atoms with Crippen LogP contribution in [0.1, 0.15) is 27.6 Å². The number of carbonyl (C=O) groups excluding carboxylic acids is 1. The Bertz CT molecular complexity index is 1140. The van der Waals surface area contributed by atoms with Gasteiger partial charge in [-0.3, -0.25) is 9.89 Å². The van der Waals surface area contributed by atoms with Gasteiger partial charge < -0.3 is 5.32 Å². The molecule has 1 amide bonds. The fourth-order valence-corrected chi connectivity index (χ4v) is 2.92. The number of pyridine rings is 1. The first-order valence-electron chi connectivity index (χ1n) is 8.80. The van der Waals surface area contributed by atoms with Crippen LogP contribution in [-0.2, 0) is 0 Å². The molecule has 140 valence electrons. The first kappa shape index (κ1) is 17.6. The fraction of sp³-hybridized carbons (Fsp3) is 0.150. The van der Waals surface area contributed by atoms with Crippen LogP contribution < -0.4 is 5.32 Å². The van der Waals surface area contributed by atoms with E-state index in [0.29, 0.717) is 22.9 Å². The highest BCUT2D eigenvalue weighted by Gasteiger charge is 2.11. The zero-order chi connectivity index (χ0) is 19.7. The molecule has 4 rings (SSSR count). The quantitative estimate of drug-likeness (QED) is 0.572. The number of benzene rings is 1. The summed E-state index contributed by atoms with van der Waals surface area (Å²) in [4.78, 5) is 21.3. The lowest BCUT2D eigenvalue weighted by Gasteiger charge is -2.07. The number of aryl methyl sites for hydroxylation is 3. The van der Waals surface area contributed by atoms with Gasteiger partial charge in [0.15, 0.2) is 11.6 Å². The highest BCUT2D eigenvalue weighted by molar-refractivity contribution is 6.04. The maximum absolute atomic E-state index is 12.6. The fourth-order valence-electron chi connectivity index (χ4n) is 2.92. The minimum Gasteiger partial charge on any atom is -0.322 e. The molecule has 0 fully saturated rings. The van der Waals surface area contributed by atoms with Crippen LogP contribution in [0.4, 0.5) is 5.69 Å². The van der Waals surface area contributed by atoms with Crippen LogP contribution in [-0.4, -0.2) is 35.9 Å². The third-order valence-electron chi connectivity index (χ3n) is 4.21. The summed E-state index contributed by atoms with van der Waals surface area (Å²) >= 11 is 0. The summed E-state index contributed by atoms with van der Waals surface area (Å²) in [7, 11) is 0. The number of amides is 1. The standard InChI is InChI=1S/C20H19N7O/c1-12-9-13(2)27(26-12)18-8-7-16(11-21-18)20(28)23-17-6-4-5-15(10-17)19-22-14(3)24-25-19/h4-11H,1-3H3,(H,23,28)(H,22,24,25). The van der Waals surface area contributed by atoms with Crippen molar-refractivity contribution >= 4 is 11.6 Å². The monoisotopic (exact) mass is 373 g/mol. The Morgan fingerprint density at radius 1 is 1.11 bits per heavy atom. The highest BCUT2D eigenvalue weighted by atomic mass is 16.1. The van der Waals surface area contributed by atoms with E-state index >= 15 is 0 Å². The van der Waals surface area contributed by atoms with Crippen LogP contribution in [0.5, 0.6) is 0 Å². The minimum atomic E-state index is -0.240. The lowest BCUT2D eigenvalue weighted by atomic mass is 10.2. The Hall–Kier alpha value is -3.81. The summed E-state index contributed by atoms with van der Waals surface area (Å²) in [5.41, 5.74) is 3.85. The van der Waals surface area contributed by atoms with Gasteiger partial charge in [0.2, 0.25) is 0 Å². The average Bonchev–Trinajstić information content (AvgIpc) is 3.27. The van der Waals surface area contributed by atoms with E-state index in [1.54, 1.807) is 23.0 Å². The Morgan fingerprint density at radius 2 is 1.96 bits per heavy atom. The van der Waals surface area contributed by atoms with Crippen LogP contribution in [0, 0.1) is 20.8 Å². The van der Waals surface area contributed by atoms with Gasteiger partial charge in [-0.05, 0) is 51.1 Å². The maximum atomic E-state index is 12.6. The van der Waals surface area contributed by atoms with Gasteiger partial charge in [-0.25, -0.2) is 14.6 Å². The minimum absolute atomic E-state index is 0.240. The van der Waals surface area contributed by atoms with Crippen LogP contribution in [0.25, 0.3) is 17.2 Å². The first-order chi connectivity index (χ1) is 13.5. The molecule has 0 atom stereocenters. The molecule has 2 N–H and O–H groups in total. The summed E-state index contributed by atoms with van der Waals surface area (Å²) < 4.78 is 1.75. The average molecular weight is 373 g/mol. The number of H-pyrrole nitrogens is 1.